The first-order chi connectivity index (χ1) is 15.1. The minimum Gasteiger partial charge on any atom is -0.444 e. The van der Waals surface area contributed by atoms with E-state index in [1.54, 1.807) is 17.0 Å². The minimum atomic E-state index is -0.516. The molecular formula is C24H24BrCl2N3O2. The molecule has 3 aromatic rings. The van der Waals surface area contributed by atoms with E-state index in [1.165, 1.54) is 5.57 Å². The summed E-state index contributed by atoms with van der Waals surface area (Å²) in [4.78, 5) is 22.5. The zero-order chi connectivity index (χ0) is 23.0. The highest BCUT2D eigenvalue weighted by molar-refractivity contribution is 9.10. The molecule has 0 bridgehead atoms. The average Bonchev–Trinajstić information content (AvgIpc) is 3.11. The van der Waals surface area contributed by atoms with Crippen molar-refractivity contribution in [2.75, 3.05) is 13.1 Å². The standard InChI is InChI=1S/C24H24BrCl2N3O2/c1-24(2,3)32-23(31)30-10-8-15(9-11-30)21(14-4-6-16(25)7-5-14)22-28-19-12-17(26)18(27)13-20(19)29-22/h4-8,12-13,21H,9-11H2,1-3H3,(H,28,29). The number of nitrogens with zero attached hydrogens (tertiary/aromatic N) is 2. The molecule has 0 radical (unpaired) electrons. The zero-order valence-electron chi connectivity index (χ0n) is 18.1. The fraction of sp³-hybridized carbons (Fsp3) is 0.333. The summed E-state index contributed by atoms with van der Waals surface area (Å²) < 4.78 is 6.54. The number of nitrogens with one attached hydrogen (secondary N) is 1. The van der Waals surface area contributed by atoms with Gasteiger partial charge in [0.25, 0.3) is 0 Å². The smallest absolute Gasteiger partial charge is 0.410 e. The van der Waals surface area contributed by atoms with Gasteiger partial charge in [0.15, 0.2) is 0 Å². The Bertz CT molecular complexity index is 1140. The van der Waals surface area contributed by atoms with E-state index in [0.29, 0.717) is 23.1 Å². The highest BCUT2D eigenvalue weighted by atomic mass is 79.9. The topological polar surface area (TPSA) is 58.2 Å². The second-order valence-corrected chi connectivity index (χ2v) is 10.6. The summed E-state index contributed by atoms with van der Waals surface area (Å²) in [5.41, 5.74) is 3.40. The number of aromatic amines is 1. The van der Waals surface area contributed by atoms with Crippen LogP contribution in [0.4, 0.5) is 4.79 Å². The van der Waals surface area contributed by atoms with Crippen LogP contribution in [0, 0.1) is 0 Å². The van der Waals surface area contributed by atoms with Crippen LogP contribution in [0.2, 0.25) is 10.0 Å². The van der Waals surface area contributed by atoms with Crippen molar-refractivity contribution in [1.82, 2.24) is 14.9 Å². The number of carbonyl (C=O) groups is 1. The van der Waals surface area contributed by atoms with E-state index in [-0.39, 0.29) is 12.0 Å². The first-order valence-electron chi connectivity index (χ1n) is 10.4. The molecule has 1 atom stereocenters. The fourth-order valence-corrected chi connectivity index (χ4v) is 4.39. The van der Waals surface area contributed by atoms with Gasteiger partial charge in [-0.05, 0) is 57.0 Å². The Morgan fingerprint density at radius 2 is 1.88 bits per heavy atom. The predicted molar refractivity (Wildman–Crippen MR) is 133 cm³/mol. The maximum Gasteiger partial charge on any atom is 0.410 e. The molecule has 4 rings (SSSR count). The molecule has 1 N–H and O–H groups in total. The van der Waals surface area contributed by atoms with Gasteiger partial charge >= 0.3 is 6.09 Å². The number of ether oxygens (including phenoxy) is 1. The molecule has 1 unspecified atom stereocenters. The maximum absolute atomic E-state index is 12.5. The normalized spacial score (nSPS) is 15.6. The molecule has 0 saturated carbocycles. The Morgan fingerprint density at radius 3 is 2.50 bits per heavy atom. The summed E-state index contributed by atoms with van der Waals surface area (Å²) in [5.74, 6) is 0.742. The number of hydrogen-bond donors (Lipinski definition) is 1. The lowest BCUT2D eigenvalue weighted by molar-refractivity contribution is 0.0265. The van der Waals surface area contributed by atoms with E-state index >= 15 is 0 Å². The van der Waals surface area contributed by atoms with E-state index < -0.39 is 5.60 Å². The molecule has 0 fully saturated rings. The molecule has 0 aliphatic carbocycles. The van der Waals surface area contributed by atoms with Crippen molar-refractivity contribution in [2.45, 2.75) is 38.7 Å². The number of benzene rings is 2. The van der Waals surface area contributed by atoms with Gasteiger partial charge < -0.3 is 14.6 Å². The lowest BCUT2D eigenvalue weighted by Gasteiger charge is -2.31. The minimum absolute atomic E-state index is 0.0752. The first kappa shape index (κ1) is 23.1. The lowest BCUT2D eigenvalue weighted by atomic mass is 9.87. The Labute approximate surface area is 205 Å². The van der Waals surface area contributed by atoms with Crippen molar-refractivity contribution in [2.24, 2.45) is 0 Å². The van der Waals surface area contributed by atoms with Crippen molar-refractivity contribution >= 4 is 56.3 Å². The third-order valence-corrected chi connectivity index (χ3v) is 6.54. The number of carbonyl (C=O) groups excluding carboxylic acids is 1. The van der Waals surface area contributed by atoms with Crippen molar-refractivity contribution < 1.29 is 9.53 Å². The SMILES string of the molecule is CC(C)(C)OC(=O)N1CC=C(C(c2ccc(Br)cc2)c2nc3cc(Cl)c(Cl)cc3[nH]2)CC1. The Kier molecular flexibility index (Phi) is 6.57. The third kappa shape index (κ3) is 5.13. The van der Waals surface area contributed by atoms with E-state index in [2.05, 4.69) is 39.1 Å². The Balaban J connectivity index is 1.68. The van der Waals surface area contributed by atoms with Crippen LogP contribution in [-0.2, 0) is 4.74 Å². The molecule has 1 amide bonds. The molecule has 168 valence electrons. The van der Waals surface area contributed by atoms with Gasteiger partial charge in [0.05, 0.1) is 27.0 Å². The number of halogens is 3. The number of amides is 1. The zero-order valence-corrected chi connectivity index (χ0v) is 21.2. The highest BCUT2D eigenvalue weighted by Gasteiger charge is 2.28. The highest BCUT2D eigenvalue weighted by Crippen LogP contribution is 2.36. The molecule has 2 aromatic carbocycles. The van der Waals surface area contributed by atoms with Gasteiger partial charge in [-0.1, -0.05) is 62.9 Å². The van der Waals surface area contributed by atoms with E-state index in [0.717, 1.165) is 33.3 Å². The van der Waals surface area contributed by atoms with Crippen molar-refractivity contribution in [3.05, 3.63) is 74.0 Å². The fourth-order valence-electron chi connectivity index (χ4n) is 3.80. The van der Waals surface area contributed by atoms with Gasteiger partial charge in [-0.3, -0.25) is 0 Å². The largest absolute Gasteiger partial charge is 0.444 e. The number of aromatic nitrogens is 2. The van der Waals surface area contributed by atoms with Gasteiger partial charge in [-0.2, -0.15) is 0 Å². The van der Waals surface area contributed by atoms with Crippen LogP contribution < -0.4 is 0 Å². The number of hydrogen-bond acceptors (Lipinski definition) is 3. The summed E-state index contributed by atoms with van der Waals surface area (Å²) in [5, 5.41) is 0.960. The number of fused-ring (bicyclic) bond motifs is 1. The summed E-state index contributed by atoms with van der Waals surface area (Å²) in [6, 6.07) is 11.8. The number of H-pyrrole nitrogens is 1. The third-order valence-electron chi connectivity index (χ3n) is 5.29. The average molecular weight is 537 g/mol. The molecule has 8 heteroatoms. The molecule has 1 aromatic heterocycles. The maximum atomic E-state index is 12.5. The molecule has 0 spiro atoms. The van der Waals surface area contributed by atoms with Crippen LogP contribution in [0.15, 0.2) is 52.5 Å². The molecule has 1 aliphatic heterocycles. The molecule has 32 heavy (non-hydrogen) atoms. The van der Waals surface area contributed by atoms with E-state index in [4.69, 9.17) is 32.9 Å². The summed E-state index contributed by atoms with van der Waals surface area (Å²) >= 11 is 15.9. The van der Waals surface area contributed by atoms with E-state index in [1.807, 2.05) is 32.9 Å². The van der Waals surface area contributed by atoms with Gasteiger partial charge in [-0.25, -0.2) is 9.78 Å². The Morgan fingerprint density at radius 1 is 1.19 bits per heavy atom. The molecule has 5 nitrogen and oxygen atoms in total. The van der Waals surface area contributed by atoms with Gasteiger partial charge in [0.2, 0.25) is 0 Å². The monoisotopic (exact) mass is 535 g/mol. The summed E-state index contributed by atoms with van der Waals surface area (Å²) in [6.07, 6.45) is 2.53. The second kappa shape index (κ2) is 9.08. The summed E-state index contributed by atoms with van der Waals surface area (Å²) in [7, 11) is 0. The number of imidazole rings is 1. The summed E-state index contributed by atoms with van der Waals surface area (Å²) in [6.45, 7) is 6.71. The second-order valence-electron chi connectivity index (χ2n) is 8.85. The predicted octanol–water partition coefficient (Wildman–Crippen LogP) is 7.33. The van der Waals surface area contributed by atoms with Crippen LogP contribution in [0.25, 0.3) is 11.0 Å². The lowest BCUT2D eigenvalue weighted by Crippen LogP contribution is -2.39. The molecule has 1 aliphatic rings. The van der Waals surface area contributed by atoms with Crippen molar-refractivity contribution in [1.29, 1.82) is 0 Å². The first-order valence-corrected chi connectivity index (χ1v) is 11.9. The molecule has 0 saturated heterocycles. The van der Waals surface area contributed by atoms with Crippen LogP contribution in [0.3, 0.4) is 0 Å². The Hall–Kier alpha value is -2.02. The van der Waals surface area contributed by atoms with E-state index in [9.17, 15) is 4.79 Å². The van der Waals surface area contributed by atoms with Crippen LogP contribution in [-0.4, -0.2) is 39.7 Å². The van der Waals surface area contributed by atoms with Crippen LogP contribution in [0.5, 0.6) is 0 Å². The molecular weight excluding hydrogens is 513 g/mol. The van der Waals surface area contributed by atoms with Gasteiger partial charge in [-0.15, -0.1) is 0 Å². The van der Waals surface area contributed by atoms with Crippen molar-refractivity contribution in [3.8, 4) is 0 Å². The quantitative estimate of drug-likeness (QED) is 0.356. The number of rotatable bonds is 3. The molecule has 2 heterocycles. The van der Waals surface area contributed by atoms with Crippen molar-refractivity contribution in [3.63, 3.8) is 0 Å². The van der Waals surface area contributed by atoms with Crippen LogP contribution >= 0.6 is 39.1 Å². The van der Waals surface area contributed by atoms with Gasteiger partial charge in [0, 0.05) is 17.6 Å². The van der Waals surface area contributed by atoms with Crippen LogP contribution in [0.1, 0.15) is 44.5 Å². The van der Waals surface area contributed by atoms with Gasteiger partial charge in [0.1, 0.15) is 11.4 Å².